The van der Waals surface area contributed by atoms with Crippen molar-refractivity contribution >= 4 is 5.91 Å². The third kappa shape index (κ3) is 7.95. The number of unbranched alkanes of at least 4 members (excludes halogenated alkanes) is 7. The minimum absolute atomic E-state index is 0.176. The fraction of sp³-hybridized carbons (Fsp3) is 0.588. The molecule has 1 rings (SSSR count). The van der Waals surface area contributed by atoms with Crippen LogP contribution in [0.25, 0.3) is 0 Å². The summed E-state index contributed by atoms with van der Waals surface area (Å²) in [7, 11) is 0. The molecule has 0 unspecified atom stereocenters. The number of hydrogen-bond donors (Lipinski definition) is 1. The van der Waals surface area contributed by atoms with Crippen molar-refractivity contribution in [3.05, 3.63) is 35.9 Å². The van der Waals surface area contributed by atoms with E-state index in [-0.39, 0.29) is 5.91 Å². The van der Waals surface area contributed by atoms with Gasteiger partial charge in [-0.05, 0) is 18.6 Å². The summed E-state index contributed by atoms with van der Waals surface area (Å²) >= 11 is 0. The number of benzene rings is 1. The number of hydroxylamine groups is 1. The molecule has 20 heavy (non-hydrogen) atoms. The van der Waals surface area contributed by atoms with Gasteiger partial charge in [-0.2, -0.15) is 0 Å². The van der Waals surface area contributed by atoms with E-state index in [9.17, 15) is 4.79 Å². The van der Waals surface area contributed by atoms with Gasteiger partial charge in [0.15, 0.2) is 0 Å². The first-order valence-corrected chi connectivity index (χ1v) is 7.81. The average Bonchev–Trinajstić information content (AvgIpc) is 2.50. The zero-order chi connectivity index (χ0) is 14.5. The van der Waals surface area contributed by atoms with Gasteiger partial charge in [-0.15, -0.1) is 0 Å². The van der Waals surface area contributed by atoms with Crippen LogP contribution in [0.2, 0.25) is 0 Å². The van der Waals surface area contributed by atoms with E-state index in [4.69, 9.17) is 4.84 Å². The molecule has 0 saturated carbocycles. The second-order valence-corrected chi connectivity index (χ2v) is 5.12. The van der Waals surface area contributed by atoms with Crippen LogP contribution in [0, 0.1) is 0 Å². The molecule has 1 amide bonds. The van der Waals surface area contributed by atoms with Gasteiger partial charge in [0.25, 0.3) is 5.91 Å². The van der Waals surface area contributed by atoms with Crippen molar-refractivity contribution in [3.8, 4) is 0 Å². The van der Waals surface area contributed by atoms with E-state index in [1.54, 1.807) is 12.1 Å². The highest BCUT2D eigenvalue weighted by atomic mass is 16.6. The van der Waals surface area contributed by atoms with E-state index in [2.05, 4.69) is 12.4 Å². The summed E-state index contributed by atoms with van der Waals surface area (Å²) in [5.41, 5.74) is 3.11. The first kappa shape index (κ1) is 16.7. The van der Waals surface area contributed by atoms with Crippen LogP contribution >= 0.6 is 0 Å². The molecule has 1 N–H and O–H groups in total. The summed E-state index contributed by atoms with van der Waals surface area (Å²) in [4.78, 5) is 16.8. The second kappa shape index (κ2) is 11.5. The highest BCUT2D eigenvalue weighted by molar-refractivity contribution is 5.93. The maximum atomic E-state index is 11.6. The van der Waals surface area contributed by atoms with Crippen molar-refractivity contribution in [1.29, 1.82) is 0 Å². The maximum absolute atomic E-state index is 11.6. The molecule has 0 bridgehead atoms. The van der Waals surface area contributed by atoms with Gasteiger partial charge in [0.1, 0.15) is 0 Å². The van der Waals surface area contributed by atoms with Gasteiger partial charge in [0.2, 0.25) is 0 Å². The minimum atomic E-state index is -0.176. The average molecular weight is 277 g/mol. The molecule has 0 heterocycles. The fourth-order valence-corrected chi connectivity index (χ4v) is 2.07. The molecular formula is C17H27NO2. The fourth-order valence-electron chi connectivity index (χ4n) is 2.07. The highest BCUT2D eigenvalue weighted by Gasteiger charge is 2.03. The highest BCUT2D eigenvalue weighted by Crippen LogP contribution is 2.08. The topological polar surface area (TPSA) is 38.3 Å². The van der Waals surface area contributed by atoms with E-state index in [1.807, 2.05) is 18.2 Å². The lowest BCUT2D eigenvalue weighted by Crippen LogP contribution is -2.24. The molecule has 0 fully saturated rings. The maximum Gasteiger partial charge on any atom is 0.274 e. The first-order valence-electron chi connectivity index (χ1n) is 7.81. The largest absolute Gasteiger partial charge is 0.274 e. The Morgan fingerprint density at radius 1 is 0.950 bits per heavy atom. The number of hydrogen-bond acceptors (Lipinski definition) is 2. The predicted octanol–water partition coefficient (Wildman–Crippen LogP) is 4.49. The van der Waals surface area contributed by atoms with Gasteiger partial charge >= 0.3 is 0 Å². The zero-order valence-corrected chi connectivity index (χ0v) is 12.6. The van der Waals surface area contributed by atoms with Crippen LogP contribution in [-0.4, -0.2) is 12.5 Å². The van der Waals surface area contributed by atoms with Crippen LogP contribution < -0.4 is 5.48 Å². The molecule has 3 heteroatoms. The Kier molecular flexibility index (Phi) is 9.58. The molecule has 0 radical (unpaired) electrons. The lowest BCUT2D eigenvalue weighted by Gasteiger charge is -2.06. The zero-order valence-electron chi connectivity index (χ0n) is 12.6. The van der Waals surface area contributed by atoms with Crippen LogP contribution in [0.5, 0.6) is 0 Å². The van der Waals surface area contributed by atoms with Gasteiger partial charge in [0, 0.05) is 5.56 Å². The Morgan fingerprint density at radius 3 is 2.20 bits per heavy atom. The van der Waals surface area contributed by atoms with Crippen molar-refractivity contribution in [2.24, 2.45) is 0 Å². The van der Waals surface area contributed by atoms with Crippen molar-refractivity contribution in [2.75, 3.05) is 6.61 Å². The van der Waals surface area contributed by atoms with Crippen molar-refractivity contribution in [1.82, 2.24) is 5.48 Å². The summed E-state index contributed by atoms with van der Waals surface area (Å²) in [6.45, 7) is 2.83. The Labute approximate surface area is 122 Å². The monoisotopic (exact) mass is 277 g/mol. The molecule has 0 aromatic heterocycles. The minimum Gasteiger partial charge on any atom is -0.273 e. The summed E-state index contributed by atoms with van der Waals surface area (Å²) in [5, 5.41) is 0. The third-order valence-corrected chi connectivity index (χ3v) is 3.30. The molecule has 0 atom stereocenters. The van der Waals surface area contributed by atoms with Gasteiger partial charge in [-0.3, -0.25) is 9.63 Å². The van der Waals surface area contributed by atoms with Crippen LogP contribution in [0.15, 0.2) is 30.3 Å². The first-order chi connectivity index (χ1) is 9.84. The summed E-state index contributed by atoms with van der Waals surface area (Å²) in [5.74, 6) is -0.176. The lowest BCUT2D eigenvalue weighted by atomic mass is 10.1. The van der Waals surface area contributed by atoms with Gasteiger partial charge in [0.05, 0.1) is 6.61 Å². The number of carbonyl (C=O) groups excluding carboxylic acids is 1. The summed E-state index contributed by atoms with van der Waals surface area (Å²) in [6.07, 6.45) is 10.1. The van der Waals surface area contributed by atoms with Crippen molar-refractivity contribution in [3.63, 3.8) is 0 Å². The van der Waals surface area contributed by atoms with Gasteiger partial charge in [-0.25, -0.2) is 5.48 Å². The van der Waals surface area contributed by atoms with Crippen LogP contribution in [-0.2, 0) is 4.84 Å². The Hall–Kier alpha value is -1.35. The number of rotatable bonds is 11. The smallest absolute Gasteiger partial charge is 0.273 e. The molecule has 0 saturated heterocycles. The van der Waals surface area contributed by atoms with E-state index < -0.39 is 0 Å². The van der Waals surface area contributed by atoms with E-state index in [1.165, 1.54) is 44.9 Å². The van der Waals surface area contributed by atoms with E-state index >= 15 is 0 Å². The van der Waals surface area contributed by atoms with E-state index in [0.717, 1.165) is 6.42 Å². The Bertz CT molecular complexity index is 351. The quantitative estimate of drug-likeness (QED) is 0.478. The van der Waals surface area contributed by atoms with Gasteiger partial charge in [-0.1, -0.05) is 70.1 Å². The molecule has 0 aliphatic rings. The lowest BCUT2D eigenvalue weighted by molar-refractivity contribution is 0.0297. The Balaban J connectivity index is 1.91. The van der Waals surface area contributed by atoms with Crippen molar-refractivity contribution < 1.29 is 9.63 Å². The van der Waals surface area contributed by atoms with Gasteiger partial charge < -0.3 is 0 Å². The molecule has 3 nitrogen and oxygen atoms in total. The summed E-state index contributed by atoms with van der Waals surface area (Å²) < 4.78 is 0. The van der Waals surface area contributed by atoms with Crippen molar-refractivity contribution in [2.45, 2.75) is 58.3 Å². The predicted molar refractivity (Wildman–Crippen MR) is 82.5 cm³/mol. The second-order valence-electron chi connectivity index (χ2n) is 5.12. The summed E-state index contributed by atoms with van der Waals surface area (Å²) in [6, 6.07) is 9.11. The molecule has 112 valence electrons. The molecule has 0 spiro atoms. The standard InChI is InChI=1S/C17H27NO2/c1-2-3-4-5-6-7-8-12-15-20-18-17(19)16-13-10-9-11-14-16/h9-11,13-14H,2-8,12,15H2,1H3,(H,18,19). The normalized spacial score (nSPS) is 10.4. The third-order valence-electron chi connectivity index (χ3n) is 3.30. The van der Waals surface area contributed by atoms with Crippen LogP contribution in [0.1, 0.15) is 68.6 Å². The molecule has 0 aliphatic carbocycles. The SMILES string of the molecule is CCCCCCCCCCONC(=O)c1ccccc1. The molecule has 0 aliphatic heterocycles. The number of amides is 1. The number of nitrogens with one attached hydrogen (secondary N) is 1. The van der Waals surface area contributed by atoms with E-state index in [0.29, 0.717) is 12.2 Å². The molecule has 1 aromatic rings. The van der Waals surface area contributed by atoms with Crippen LogP contribution in [0.3, 0.4) is 0 Å². The number of carbonyl (C=O) groups is 1. The molecule has 1 aromatic carbocycles. The van der Waals surface area contributed by atoms with Crippen LogP contribution in [0.4, 0.5) is 0 Å². The molecular weight excluding hydrogens is 250 g/mol. The Morgan fingerprint density at radius 2 is 1.55 bits per heavy atom.